The summed E-state index contributed by atoms with van der Waals surface area (Å²) in [4.78, 5) is 26.2. The van der Waals surface area contributed by atoms with E-state index in [1.807, 2.05) is 18.2 Å². The molecule has 0 fully saturated rings. The molecule has 0 saturated heterocycles. The van der Waals surface area contributed by atoms with Crippen molar-refractivity contribution in [3.8, 4) is 0 Å². The predicted molar refractivity (Wildman–Crippen MR) is 103 cm³/mol. The van der Waals surface area contributed by atoms with E-state index in [0.29, 0.717) is 16.7 Å². The Labute approximate surface area is 156 Å². The van der Waals surface area contributed by atoms with Crippen LogP contribution in [0.3, 0.4) is 0 Å². The van der Waals surface area contributed by atoms with Gasteiger partial charge in [-0.3, -0.25) is 9.59 Å². The lowest BCUT2D eigenvalue weighted by atomic mass is 9.86. The van der Waals surface area contributed by atoms with E-state index < -0.39 is 11.6 Å². The van der Waals surface area contributed by atoms with Crippen LogP contribution in [0.2, 0.25) is 0 Å². The third-order valence-electron chi connectivity index (χ3n) is 4.65. The van der Waals surface area contributed by atoms with E-state index in [0.717, 1.165) is 0 Å². The molecule has 3 aromatic carbocycles. The first kappa shape index (κ1) is 16.9. The van der Waals surface area contributed by atoms with Crippen molar-refractivity contribution in [2.45, 2.75) is 5.72 Å². The van der Waals surface area contributed by atoms with Gasteiger partial charge < -0.3 is 10.4 Å². The summed E-state index contributed by atoms with van der Waals surface area (Å²) in [5.74, 6) is -0.869. The van der Waals surface area contributed by atoms with Crippen LogP contribution in [0.15, 0.2) is 96.6 Å². The van der Waals surface area contributed by atoms with Crippen molar-refractivity contribution >= 4 is 17.3 Å². The van der Waals surface area contributed by atoms with Gasteiger partial charge in [-0.25, -0.2) is 0 Å². The van der Waals surface area contributed by atoms with Crippen LogP contribution < -0.4 is 5.32 Å². The maximum atomic E-state index is 13.4. The summed E-state index contributed by atoms with van der Waals surface area (Å²) in [6.07, 6.45) is 0. The molecule has 0 aromatic heterocycles. The van der Waals surface area contributed by atoms with Gasteiger partial charge in [0, 0.05) is 11.1 Å². The van der Waals surface area contributed by atoms with Crippen LogP contribution in [0, 0.1) is 0 Å². The highest BCUT2D eigenvalue weighted by Gasteiger charge is 2.48. The highest BCUT2D eigenvalue weighted by molar-refractivity contribution is 6.32. The largest absolute Gasteiger partial charge is 0.363 e. The minimum absolute atomic E-state index is 0.0381. The maximum Gasteiger partial charge on any atom is 0.255 e. The van der Waals surface area contributed by atoms with E-state index in [1.54, 1.807) is 72.8 Å². The second kappa shape index (κ2) is 6.67. The molecule has 1 aliphatic rings. The molecule has 132 valence electrons. The molecule has 4 nitrogen and oxygen atoms in total. The molecule has 4 heteroatoms. The molecule has 1 unspecified atom stereocenters. The van der Waals surface area contributed by atoms with Gasteiger partial charge in [-0.2, -0.15) is 0 Å². The number of Topliss-reactive ketones (excluding diaryl/α,β-unsaturated/α-hetero) is 1. The number of hydrogen-bond acceptors (Lipinski definition) is 3. The first-order valence-electron chi connectivity index (χ1n) is 8.61. The van der Waals surface area contributed by atoms with Crippen LogP contribution in [0.4, 0.5) is 0 Å². The topological polar surface area (TPSA) is 66.4 Å². The summed E-state index contributed by atoms with van der Waals surface area (Å²) in [6, 6.07) is 26.3. The Balaban J connectivity index is 1.98. The standard InChI is InChI=1S/C23H17NO3/c25-21(17-12-6-2-7-13-17)20-19(16-10-4-1-5-11-16)22(26)24-23(20,27)18-14-8-3-9-15-18/h1-15,27H,(H,24,26). The summed E-state index contributed by atoms with van der Waals surface area (Å²) in [7, 11) is 0. The Morgan fingerprint density at radius 1 is 0.778 bits per heavy atom. The number of nitrogens with one attached hydrogen (secondary N) is 1. The second-order valence-electron chi connectivity index (χ2n) is 6.34. The first-order chi connectivity index (χ1) is 13.1. The van der Waals surface area contributed by atoms with Gasteiger partial charge in [0.1, 0.15) is 0 Å². The zero-order valence-corrected chi connectivity index (χ0v) is 14.4. The minimum Gasteiger partial charge on any atom is -0.363 e. The van der Waals surface area contributed by atoms with E-state index in [2.05, 4.69) is 5.32 Å². The molecule has 1 aliphatic heterocycles. The van der Waals surface area contributed by atoms with Crippen molar-refractivity contribution in [3.63, 3.8) is 0 Å². The van der Waals surface area contributed by atoms with E-state index in [1.165, 1.54) is 0 Å². The molecule has 0 spiro atoms. The number of rotatable bonds is 4. The smallest absolute Gasteiger partial charge is 0.255 e. The minimum atomic E-state index is -1.89. The fourth-order valence-electron chi connectivity index (χ4n) is 3.37. The highest BCUT2D eigenvalue weighted by Crippen LogP contribution is 2.40. The number of carbonyl (C=O) groups is 2. The van der Waals surface area contributed by atoms with Crippen molar-refractivity contribution < 1.29 is 14.7 Å². The third kappa shape index (κ3) is 2.86. The Bertz CT molecular complexity index is 1030. The normalized spacial score (nSPS) is 19.1. The summed E-state index contributed by atoms with van der Waals surface area (Å²) in [5, 5.41) is 14.1. The monoisotopic (exact) mass is 355 g/mol. The van der Waals surface area contributed by atoms with Crippen LogP contribution in [0.1, 0.15) is 21.5 Å². The van der Waals surface area contributed by atoms with Crippen molar-refractivity contribution in [1.82, 2.24) is 5.32 Å². The van der Waals surface area contributed by atoms with Gasteiger partial charge in [0.15, 0.2) is 11.5 Å². The Kier molecular flexibility index (Phi) is 4.18. The van der Waals surface area contributed by atoms with E-state index in [-0.39, 0.29) is 16.9 Å². The van der Waals surface area contributed by atoms with E-state index >= 15 is 0 Å². The number of carbonyl (C=O) groups excluding carboxylic acids is 2. The average molecular weight is 355 g/mol. The van der Waals surface area contributed by atoms with Gasteiger partial charge in [0.2, 0.25) is 0 Å². The molecular weight excluding hydrogens is 338 g/mol. The third-order valence-corrected chi connectivity index (χ3v) is 4.65. The summed E-state index contributed by atoms with van der Waals surface area (Å²) < 4.78 is 0. The highest BCUT2D eigenvalue weighted by atomic mass is 16.3. The van der Waals surface area contributed by atoms with Crippen molar-refractivity contribution in [2.24, 2.45) is 0 Å². The molecule has 0 saturated carbocycles. The molecule has 1 atom stereocenters. The lowest BCUT2D eigenvalue weighted by molar-refractivity contribution is -0.119. The Morgan fingerprint density at radius 3 is 1.89 bits per heavy atom. The lowest BCUT2D eigenvalue weighted by Crippen LogP contribution is -2.43. The summed E-state index contributed by atoms with van der Waals surface area (Å²) in [6.45, 7) is 0. The van der Waals surface area contributed by atoms with Gasteiger partial charge in [-0.15, -0.1) is 0 Å². The zero-order chi connectivity index (χ0) is 18.9. The molecule has 0 bridgehead atoms. The molecule has 2 N–H and O–H groups in total. The SMILES string of the molecule is O=C1NC(O)(c2ccccc2)C(C(=O)c2ccccc2)=C1c1ccccc1. The molecule has 0 radical (unpaired) electrons. The van der Waals surface area contributed by atoms with E-state index in [4.69, 9.17) is 0 Å². The molecule has 4 rings (SSSR count). The number of hydrogen-bond donors (Lipinski definition) is 2. The Hall–Kier alpha value is -3.50. The first-order valence-corrected chi connectivity index (χ1v) is 8.61. The van der Waals surface area contributed by atoms with Crippen LogP contribution in [0.25, 0.3) is 5.57 Å². The molecule has 3 aromatic rings. The molecule has 1 amide bonds. The van der Waals surface area contributed by atoms with Crippen LogP contribution in [-0.2, 0) is 10.5 Å². The van der Waals surface area contributed by atoms with Crippen molar-refractivity contribution in [1.29, 1.82) is 0 Å². The van der Waals surface area contributed by atoms with Gasteiger partial charge in [-0.1, -0.05) is 91.0 Å². The van der Waals surface area contributed by atoms with Crippen LogP contribution >= 0.6 is 0 Å². The quantitative estimate of drug-likeness (QED) is 0.706. The Morgan fingerprint density at radius 2 is 1.30 bits per heavy atom. The number of aliphatic hydroxyl groups is 1. The zero-order valence-electron chi connectivity index (χ0n) is 14.4. The summed E-state index contributed by atoms with van der Waals surface area (Å²) >= 11 is 0. The van der Waals surface area contributed by atoms with Crippen molar-refractivity contribution in [3.05, 3.63) is 113 Å². The van der Waals surface area contributed by atoms with Crippen LogP contribution in [0.5, 0.6) is 0 Å². The number of ketones is 1. The fraction of sp³-hybridized carbons (Fsp3) is 0.0435. The lowest BCUT2D eigenvalue weighted by Gasteiger charge is -2.26. The van der Waals surface area contributed by atoms with Gasteiger partial charge in [0.05, 0.1) is 11.1 Å². The van der Waals surface area contributed by atoms with E-state index in [9.17, 15) is 14.7 Å². The van der Waals surface area contributed by atoms with Crippen molar-refractivity contribution in [2.75, 3.05) is 0 Å². The number of amides is 1. The molecule has 1 heterocycles. The predicted octanol–water partition coefficient (Wildman–Crippen LogP) is 3.30. The van der Waals surface area contributed by atoms with Gasteiger partial charge in [-0.05, 0) is 5.56 Å². The number of benzene rings is 3. The molecule has 27 heavy (non-hydrogen) atoms. The molecular formula is C23H17NO3. The maximum absolute atomic E-state index is 13.4. The van der Waals surface area contributed by atoms with Gasteiger partial charge >= 0.3 is 0 Å². The average Bonchev–Trinajstić information content (AvgIpc) is 3.00. The van der Waals surface area contributed by atoms with Gasteiger partial charge in [0.25, 0.3) is 5.91 Å². The second-order valence-corrected chi connectivity index (χ2v) is 6.34. The summed E-state index contributed by atoms with van der Waals surface area (Å²) in [5.41, 5.74) is -0.236. The molecule has 0 aliphatic carbocycles. The fourth-order valence-corrected chi connectivity index (χ4v) is 3.37. The van der Waals surface area contributed by atoms with Crippen LogP contribution in [-0.4, -0.2) is 16.8 Å².